The molecule has 76 valence electrons. The molecule has 0 amide bonds. The minimum Gasteiger partial charge on any atom is -0.0917 e. The van der Waals surface area contributed by atoms with Crippen molar-refractivity contribution in [3.05, 3.63) is 24.3 Å². The Bertz CT molecular complexity index is 153. The fraction of sp³-hybridized carbons (Fsp3) is 0.692. The average Bonchev–Trinajstić information content (AvgIpc) is 2.14. The summed E-state index contributed by atoms with van der Waals surface area (Å²) in [5.74, 6) is 1.48. The first-order valence-electron chi connectivity index (χ1n) is 5.50. The highest BCUT2D eigenvalue weighted by Gasteiger charge is 2.06. The van der Waals surface area contributed by atoms with E-state index in [1.54, 1.807) is 0 Å². The van der Waals surface area contributed by atoms with Crippen molar-refractivity contribution in [3.63, 3.8) is 0 Å². The second kappa shape index (κ2) is 8.10. The molecule has 0 fully saturated rings. The molecule has 0 nitrogen and oxygen atoms in total. The molecule has 0 bridgehead atoms. The quantitative estimate of drug-likeness (QED) is 0.525. The van der Waals surface area contributed by atoms with Crippen LogP contribution in [0.25, 0.3) is 0 Å². The van der Waals surface area contributed by atoms with Gasteiger partial charge in [0.1, 0.15) is 0 Å². The van der Waals surface area contributed by atoms with Crippen LogP contribution in [0.5, 0.6) is 0 Å². The van der Waals surface area contributed by atoms with Crippen molar-refractivity contribution >= 4 is 0 Å². The molecule has 0 aliphatic rings. The van der Waals surface area contributed by atoms with Crippen LogP contribution in [0.1, 0.15) is 47.0 Å². The summed E-state index contributed by atoms with van der Waals surface area (Å²) in [6, 6.07) is 0. The highest BCUT2D eigenvalue weighted by Crippen LogP contribution is 2.17. The summed E-state index contributed by atoms with van der Waals surface area (Å²) in [5, 5.41) is 0. The molecule has 0 aromatic rings. The summed E-state index contributed by atoms with van der Waals surface area (Å²) in [7, 11) is 0. The lowest BCUT2D eigenvalue weighted by Crippen LogP contribution is -2.03. The summed E-state index contributed by atoms with van der Waals surface area (Å²) in [5.41, 5.74) is 0. The van der Waals surface area contributed by atoms with Crippen LogP contribution >= 0.6 is 0 Å². The summed E-state index contributed by atoms with van der Waals surface area (Å²) in [6.45, 7) is 8.93. The fourth-order valence-corrected chi connectivity index (χ4v) is 1.23. The van der Waals surface area contributed by atoms with E-state index in [9.17, 15) is 0 Å². The van der Waals surface area contributed by atoms with E-state index < -0.39 is 0 Å². The maximum atomic E-state index is 2.36. The van der Waals surface area contributed by atoms with E-state index in [1.165, 1.54) is 19.3 Å². The van der Waals surface area contributed by atoms with Gasteiger partial charge in [0.2, 0.25) is 0 Å². The smallest absolute Gasteiger partial charge is 0.0233 e. The van der Waals surface area contributed by atoms with Crippen molar-refractivity contribution in [2.24, 2.45) is 11.8 Å². The molecule has 0 aromatic heterocycles. The standard InChI is InChI=1S/C13H24/c1-5-7-9-11-13(4)12(3)10-8-6-2/h6,8-9,11-13H,5,7,10H2,1-4H3. The molecule has 0 spiro atoms. The SMILES string of the molecule is CC=CCC(C)C(C)C=CCCC. The first kappa shape index (κ1) is 12.5. The van der Waals surface area contributed by atoms with Gasteiger partial charge in [-0.05, 0) is 31.6 Å². The third-order valence-electron chi connectivity index (χ3n) is 2.54. The number of hydrogen-bond acceptors (Lipinski definition) is 0. The molecule has 0 heterocycles. The summed E-state index contributed by atoms with van der Waals surface area (Å²) < 4.78 is 0. The van der Waals surface area contributed by atoms with Gasteiger partial charge in [0, 0.05) is 0 Å². The monoisotopic (exact) mass is 180 g/mol. The van der Waals surface area contributed by atoms with Gasteiger partial charge in [0.25, 0.3) is 0 Å². The number of rotatable bonds is 6. The van der Waals surface area contributed by atoms with Crippen LogP contribution in [-0.2, 0) is 0 Å². The van der Waals surface area contributed by atoms with Crippen molar-refractivity contribution in [2.75, 3.05) is 0 Å². The maximum absolute atomic E-state index is 2.36. The van der Waals surface area contributed by atoms with Gasteiger partial charge in [0.15, 0.2) is 0 Å². The summed E-state index contributed by atoms with van der Waals surface area (Å²) in [4.78, 5) is 0. The van der Waals surface area contributed by atoms with E-state index in [2.05, 4.69) is 52.0 Å². The topological polar surface area (TPSA) is 0 Å². The molecule has 0 radical (unpaired) electrons. The van der Waals surface area contributed by atoms with Gasteiger partial charge in [-0.15, -0.1) is 0 Å². The van der Waals surface area contributed by atoms with E-state index in [4.69, 9.17) is 0 Å². The first-order chi connectivity index (χ1) is 6.22. The van der Waals surface area contributed by atoms with Crippen molar-refractivity contribution in [1.29, 1.82) is 0 Å². The van der Waals surface area contributed by atoms with Crippen molar-refractivity contribution in [2.45, 2.75) is 47.0 Å². The zero-order valence-electron chi connectivity index (χ0n) is 9.59. The van der Waals surface area contributed by atoms with Crippen molar-refractivity contribution < 1.29 is 0 Å². The van der Waals surface area contributed by atoms with E-state index in [0.29, 0.717) is 5.92 Å². The van der Waals surface area contributed by atoms with Crippen molar-refractivity contribution in [1.82, 2.24) is 0 Å². The van der Waals surface area contributed by atoms with Crippen LogP contribution in [0.2, 0.25) is 0 Å². The molecule has 0 aliphatic heterocycles. The highest BCUT2D eigenvalue weighted by molar-refractivity contribution is 4.91. The highest BCUT2D eigenvalue weighted by atomic mass is 14.1. The molecule has 0 heteroatoms. The van der Waals surface area contributed by atoms with E-state index in [0.717, 1.165) is 5.92 Å². The molecule has 2 atom stereocenters. The predicted octanol–water partition coefficient (Wildman–Crippen LogP) is 4.58. The predicted molar refractivity (Wildman–Crippen MR) is 61.8 cm³/mol. The van der Waals surface area contributed by atoms with E-state index >= 15 is 0 Å². The second-order valence-electron chi connectivity index (χ2n) is 3.86. The molecule has 0 saturated heterocycles. The molecule has 0 aromatic carbocycles. The van der Waals surface area contributed by atoms with Crippen molar-refractivity contribution in [3.8, 4) is 0 Å². The Labute approximate surface area is 83.7 Å². The Kier molecular flexibility index (Phi) is 7.77. The molecular weight excluding hydrogens is 156 g/mol. The average molecular weight is 180 g/mol. The normalized spacial score (nSPS) is 16.9. The third-order valence-corrected chi connectivity index (χ3v) is 2.54. The Balaban J connectivity index is 3.73. The van der Waals surface area contributed by atoms with Crippen LogP contribution in [0.3, 0.4) is 0 Å². The molecule has 0 aliphatic carbocycles. The largest absolute Gasteiger partial charge is 0.0917 e. The lowest BCUT2D eigenvalue weighted by molar-refractivity contribution is 0.464. The van der Waals surface area contributed by atoms with Crippen LogP contribution in [0.4, 0.5) is 0 Å². The van der Waals surface area contributed by atoms with Gasteiger partial charge >= 0.3 is 0 Å². The maximum Gasteiger partial charge on any atom is -0.0233 e. The molecule has 13 heavy (non-hydrogen) atoms. The Morgan fingerprint density at radius 3 is 2.38 bits per heavy atom. The Hall–Kier alpha value is -0.520. The fourth-order valence-electron chi connectivity index (χ4n) is 1.23. The minimum atomic E-state index is 0.711. The van der Waals surface area contributed by atoms with Crippen LogP contribution in [0, 0.1) is 11.8 Å². The number of allylic oxidation sites excluding steroid dienone is 4. The van der Waals surface area contributed by atoms with Gasteiger partial charge in [-0.3, -0.25) is 0 Å². The van der Waals surface area contributed by atoms with Crippen LogP contribution < -0.4 is 0 Å². The Morgan fingerprint density at radius 2 is 1.85 bits per heavy atom. The lowest BCUT2D eigenvalue weighted by Gasteiger charge is -2.13. The first-order valence-corrected chi connectivity index (χ1v) is 5.50. The van der Waals surface area contributed by atoms with Gasteiger partial charge in [0.05, 0.1) is 0 Å². The summed E-state index contributed by atoms with van der Waals surface area (Å²) >= 11 is 0. The number of hydrogen-bond donors (Lipinski definition) is 0. The molecule has 0 rings (SSSR count). The molecular formula is C13H24. The molecule has 0 N–H and O–H groups in total. The minimum absolute atomic E-state index is 0.711. The second-order valence-corrected chi connectivity index (χ2v) is 3.86. The van der Waals surface area contributed by atoms with Gasteiger partial charge in [-0.25, -0.2) is 0 Å². The summed E-state index contributed by atoms with van der Waals surface area (Å²) in [6.07, 6.45) is 12.8. The van der Waals surface area contributed by atoms with E-state index in [-0.39, 0.29) is 0 Å². The van der Waals surface area contributed by atoms with Gasteiger partial charge < -0.3 is 0 Å². The number of unbranched alkanes of at least 4 members (excludes halogenated alkanes) is 1. The van der Waals surface area contributed by atoms with E-state index in [1.807, 2.05) is 0 Å². The van der Waals surface area contributed by atoms with Gasteiger partial charge in [-0.2, -0.15) is 0 Å². The zero-order valence-corrected chi connectivity index (χ0v) is 9.59. The Morgan fingerprint density at radius 1 is 1.15 bits per heavy atom. The molecule has 2 unspecified atom stereocenters. The lowest BCUT2D eigenvalue weighted by atomic mass is 9.92. The van der Waals surface area contributed by atoms with Crippen LogP contribution in [0.15, 0.2) is 24.3 Å². The third kappa shape index (κ3) is 6.62. The zero-order chi connectivity index (χ0) is 10.1. The van der Waals surface area contributed by atoms with Gasteiger partial charge in [-0.1, -0.05) is 51.5 Å². The molecule has 0 saturated carbocycles. The van der Waals surface area contributed by atoms with Crippen LogP contribution in [-0.4, -0.2) is 0 Å².